The summed E-state index contributed by atoms with van der Waals surface area (Å²) in [6.07, 6.45) is 6.70. The number of methoxy groups -OCH3 is 1. The molecule has 0 unspecified atom stereocenters. The van der Waals surface area contributed by atoms with Crippen LogP contribution in [0.3, 0.4) is 0 Å². The molecule has 2 aliphatic heterocycles. The van der Waals surface area contributed by atoms with Crippen molar-refractivity contribution in [1.29, 1.82) is 0 Å². The molecule has 0 atom stereocenters. The van der Waals surface area contributed by atoms with Gasteiger partial charge in [-0.3, -0.25) is 0 Å². The summed E-state index contributed by atoms with van der Waals surface area (Å²) in [4.78, 5) is 24.9. The van der Waals surface area contributed by atoms with Gasteiger partial charge in [-0.15, -0.1) is 36.2 Å². The third-order valence-electron chi connectivity index (χ3n) is 5.97. The molecule has 2 aliphatic rings. The number of fused-ring (bicyclic) bond motifs is 1. The lowest BCUT2D eigenvalue weighted by Crippen LogP contribution is -2.39. The third kappa shape index (κ3) is 4.37. The minimum Gasteiger partial charge on any atom is -0.465 e. The third-order valence-corrected chi connectivity index (χ3v) is 7.15. The number of hydrogen-bond acceptors (Lipinski definition) is 7. The Hall–Kier alpha value is -1.15. The molecule has 0 radical (unpaired) electrons. The van der Waals surface area contributed by atoms with Gasteiger partial charge < -0.3 is 15.0 Å². The molecular weight excluding hydrogens is 419 g/mol. The van der Waals surface area contributed by atoms with Crippen LogP contribution in [0.5, 0.6) is 0 Å². The lowest BCUT2D eigenvalue weighted by Gasteiger charge is -2.38. The van der Waals surface area contributed by atoms with Crippen molar-refractivity contribution in [3.8, 4) is 0 Å². The second-order valence-electron chi connectivity index (χ2n) is 7.34. The van der Waals surface area contributed by atoms with Crippen LogP contribution in [0.4, 0.5) is 5.82 Å². The molecule has 0 saturated carbocycles. The Morgan fingerprint density at radius 2 is 1.79 bits per heavy atom. The predicted octanol–water partition coefficient (Wildman–Crippen LogP) is 3.85. The smallest absolute Gasteiger partial charge is 0.348 e. The molecule has 0 amide bonds. The lowest BCUT2D eigenvalue weighted by atomic mass is 9.79. The van der Waals surface area contributed by atoms with E-state index in [1.807, 2.05) is 6.92 Å². The van der Waals surface area contributed by atoms with Gasteiger partial charge in [0.15, 0.2) is 0 Å². The number of thiophene rings is 1. The number of hydrogen-bond donors (Lipinski definition) is 1. The Bertz CT molecular complexity index is 803. The van der Waals surface area contributed by atoms with Gasteiger partial charge in [0, 0.05) is 13.1 Å². The van der Waals surface area contributed by atoms with E-state index in [4.69, 9.17) is 4.74 Å². The summed E-state index contributed by atoms with van der Waals surface area (Å²) < 4.78 is 4.92. The first-order valence-corrected chi connectivity index (χ1v) is 10.3. The fraction of sp³-hybridized carbons (Fsp3) is 0.632. The quantitative estimate of drug-likeness (QED) is 0.722. The molecule has 1 N–H and O–H groups in total. The largest absolute Gasteiger partial charge is 0.465 e. The zero-order chi connectivity index (χ0) is 18.1. The summed E-state index contributed by atoms with van der Waals surface area (Å²) in [5.41, 5.74) is 0.938. The fourth-order valence-corrected chi connectivity index (χ4v) is 5.54. The van der Waals surface area contributed by atoms with E-state index in [1.165, 1.54) is 57.2 Å². The van der Waals surface area contributed by atoms with E-state index in [9.17, 15) is 4.79 Å². The number of nitrogens with zero attached hydrogens (tertiary/aromatic N) is 3. The molecule has 6 nitrogen and oxygen atoms in total. The highest BCUT2D eigenvalue weighted by Gasteiger charge is 2.29. The molecule has 156 valence electrons. The van der Waals surface area contributed by atoms with Crippen LogP contribution < -0.4 is 10.2 Å². The monoisotopic (exact) mass is 446 g/mol. The van der Waals surface area contributed by atoms with Crippen LogP contribution in [0.25, 0.3) is 10.2 Å². The van der Waals surface area contributed by atoms with Crippen LogP contribution in [0.15, 0.2) is 6.33 Å². The van der Waals surface area contributed by atoms with E-state index in [1.54, 1.807) is 6.33 Å². The molecule has 0 aliphatic carbocycles. The van der Waals surface area contributed by atoms with Gasteiger partial charge in [0.25, 0.3) is 0 Å². The maximum absolute atomic E-state index is 12.0. The molecule has 2 saturated heterocycles. The number of esters is 1. The molecule has 4 rings (SSSR count). The maximum atomic E-state index is 12.0. The summed E-state index contributed by atoms with van der Waals surface area (Å²) in [6, 6.07) is 0. The maximum Gasteiger partial charge on any atom is 0.348 e. The summed E-state index contributed by atoms with van der Waals surface area (Å²) >= 11 is 1.40. The first kappa shape index (κ1) is 23.1. The van der Waals surface area contributed by atoms with Crippen molar-refractivity contribution in [3.63, 3.8) is 0 Å². The highest BCUT2D eigenvalue weighted by atomic mass is 35.5. The fourth-order valence-electron chi connectivity index (χ4n) is 4.48. The number of piperidine rings is 2. The summed E-state index contributed by atoms with van der Waals surface area (Å²) in [5.74, 6) is 2.39. The average molecular weight is 447 g/mol. The Balaban J connectivity index is 0.00000140. The number of aryl methyl sites for hydroxylation is 1. The topological polar surface area (TPSA) is 67.3 Å². The minimum atomic E-state index is -0.291. The van der Waals surface area contributed by atoms with Gasteiger partial charge in [-0.05, 0) is 63.1 Å². The lowest BCUT2D eigenvalue weighted by molar-refractivity contribution is 0.0605. The van der Waals surface area contributed by atoms with E-state index >= 15 is 0 Å². The van der Waals surface area contributed by atoms with Crippen molar-refractivity contribution in [2.45, 2.75) is 32.6 Å². The van der Waals surface area contributed by atoms with Gasteiger partial charge in [-0.1, -0.05) is 0 Å². The Morgan fingerprint density at radius 3 is 2.43 bits per heavy atom. The van der Waals surface area contributed by atoms with E-state index in [2.05, 4.69) is 20.2 Å². The van der Waals surface area contributed by atoms with Crippen molar-refractivity contribution in [1.82, 2.24) is 15.3 Å². The van der Waals surface area contributed by atoms with E-state index in [0.29, 0.717) is 4.88 Å². The zero-order valence-corrected chi connectivity index (χ0v) is 18.7. The zero-order valence-electron chi connectivity index (χ0n) is 16.3. The number of aromatic nitrogens is 2. The van der Waals surface area contributed by atoms with Crippen molar-refractivity contribution in [2.75, 3.05) is 38.2 Å². The summed E-state index contributed by atoms with van der Waals surface area (Å²) in [7, 11) is 1.42. The van der Waals surface area contributed by atoms with E-state index in [-0.39, 0.29) is 30.8 Å². The second-order valence-corrected chi connectivity index (χ2v) is 8.34. The minimum absolute atomic E-state index is 0. The van der Waals surface area contributed by atoms with Crippen molar-refractivity contribution in [3.05, 3.63) is 16.8 Å². The molecule has 2 aromatic heterocycles. The molecule has 9 heteroatoms. The molecule has 0 bridgehead atoms. The van der Waals surface area contributed by atoms with Gasteiger partial charge in [0.1, 0.15) is 21.9 Å². The second kappa shape index (κ2) is 10.1. The first-order valence-electron chi connectivity index (χ1n) is 9.47. The molecule has 28 heavy (non-hydrogen) atoms. The van der Waals surface area contributed by atoms with Gasteiger partial charge in [-0.25, -0.2) is 14.8 Å². The van der Waals surface area contributed by atoms with Crippen molar-refractivity contribution in [2.24, 2.45) is 11.8 Å². The highest BCUT2D eigenvalue weighted by molar-refractivity contribution is 7.20. The Kier molecular flexibility index (Phi) is 8.30. The SMILES string of the molecule is COC(=O)c1sc2ncnc(N3CCC(C4CCNCC4)CC3)c2c1C.Cl.Cl. The molecular formula is C19H28Cl2N4O2S. The van der Waals surface area contributed by atoms with E-state index < -0.39 is 0 Å². The van der Waals surface area contributed by atoms with Gasteiger partial charge in [-0.2, -0.15) is 0 Å². The highest BCUT2D eigenvalue weighted by Crippen LogP contribution is 2.38. The number of anilines is 1. The number of carbonyl (C=O) groups excluding carboxylic acids is 1. The number of ether oxygens (including phenoxy) is 1. The Morgan fingerprint density at radius 1 is 1.14 bits per heavy atom. The number of nitrogens with one attached hydrogen (secondary N) is 1. The van der Waals surface area contributed by atoms with Crippen LogP contribution in [-0.2, 0) is 4.74 Å². The molecule has 2 aromatic rings. The summed E-state index contributed by atoms with van der Waals surface area (Å²) in [6.45, 7) is 6.37. The van der Waals surface area contributed by atoms with Gasteiger partial charge in [0.05, 0.1) is 12.5 Å². The van der Waals surface area contributed by atoms with Gasteiger partial charge in [0.2, 0.25) is 0 Å². The van der Waals surface area contributed by atoms with Crippen LogP contribution >= 0.6 is 36.2 Å². The van der Waals surface area contributed by atoms with Crippen LogP contribution in [0, 0.1) is 18.8 Å². The van der Waals surface area contributed by atoms with Gasteiger partial charge >= 0.3 is 5.97 Å². The molecule has 0 aromatic carbocycles. The standard InChI is InChI=1S/C19H26N4O2S.2ClH/c1-12-15-17(21-11-22-18(15)26-16(12)19(24)25-2)23-9-5-14(6-10-23)13-3-7-20-8-4-13;;/h11,13-14,20H,3-10H2,1-2H3;2*1H. The Labute approximate surface area is 182 Å². The molecule has 2 fully saturated rings. The van der Waals surface area contributed by atoms with Crippen LogP contribution in [0.1, 0.15) is 40.9 Å². The summed E-state index contributed by atoms with van der Waals surface area (Å²) in [5, 5.41) is 4.48. The van der Waals surface area contributed by atoms with Crippen LogP contribution in [-0.4, -0.2) is 49.2 Å². The van der Waals surface area contributed by atoms with E-state index in [0.717, 1.165) is 46.5 Å². The number of carbonyl (C=O) groups is 1. The number of rotatable bonds is 3. The molecule has 0 spiro atoms. The van der Waals surface area contributed by atoms with Crippen LogP contribution in [0.2, 0.25) is 0 Å². The predicted molar refractivity (Wildman–Crippen MR) is 119 cm³/mol. The first-order chi connectivity index (χ1) is 12.7. The van der Waals surface area contributed by atoms with Crippen molar-refractivity contribution < 1.29 is 9.53 Å². The average Bonchev–Trinajstić information content (AvgIpc) is 3.05. The number of halogens is 2. The normalized spacial score (nSPS) is 18.4. The molecule has 4 heterocycles. The van der Waals surface area contributed by atoms with Crippen molar-refractivity contribution >= 4 is 58.2 Å².